The highest BCUT2D eigenvalue weighted by molar-refractivity contribution is 7.48. The van der Waals surface area contributed by atoms with Crippen LogP contribution in [0.5, 0.6) is 0 Å². The molecule has 0 bridgehead atoms. The van der Waals surface area contributed by atoms with E-state index in [1.54, 1.807) is 6.92 Å². The maximum atomic E-state index is 13.3. The van der Waals surface area contributed by atoms with Gasteiger partial charge in [0.15, 0.2) is 6.10 Å². The summed E-state index contributed by atoms with van der Waals surface area (Å²) in [5.74, 6) is -0.713. The third-order valence-electron chi connectivity index (χ3n) is 9.57. The minimum atomic E-state index is -3.89. The number of nitrogens with zero attached hydrogens (tertiary/aromatic N) is 1. The van der Waals surface area contributed by atoms with Gasteiger partial charge in [0.25, 0.3) is 0 Å². The Labute approximate surface area is 345 Å². The number of carbonyl (C=O) groups excluding carboxylic acids is 2. The minimum absolute atomic E-state index is 0. The zero-order chi connectivity index (χ0) is 40.0. The Morgan fingerprint density at radius 3 is 1.40 bits per heavy atom. The molecule has 0 aromatic heterocycles. The molecule has 0 aliphatic rings. The molecule has 55 heavy (non-hydrogen) atoms. The predicted octanol–water partition coefficient (Wildman–Crippen LogP) is 9.85. The Kier molecular flexibility index (Phi) is 40.7. The van der Waals surface area contributed by atoms with Gasteiger partial charge < -0.3 is 26.4 Å². The topological polar surface area (TPSA) is 97.4 Å². The predicted molar refractivity (Wildman–Crippen MR) is 225 cm³/mol. The molecule has 0 aromatic rings. The van der Waals surface area contributed by atoms with Crippen molar-refractivity contribution in [3.8, 4) is 0 Å². The van der Waals surface area contributed by atoms with Crippen molar-refractivity contribution in [3.63, 3.8) is 0 Å². The second-order valence-electron chi connectivity index (χ2n) is 16.1. The van der Waals surface area contributed by atoms with Gasteiger partial charge in [0.1, 0.15) is 19.8 Å². The van der Waals surface area contributed by atoms with Gasteiger partial charge in [-0.3, -0.25) is 23.2 Å². The summed E-state index contributed by atoms with van der Waals surface area (Å²) >= 11 is 0. The Morgan fingerprint density at radius 1 is 0.545 bits per heavy atom. The van der Waals surface area contributed by atoms with Crippen LogP contribution >= 0.6 is 7.82 Å². The zero-order valence-corrected chi connectivity index (χ0v) is 38.3. The van der Waals surface area contributed by atoms with Crippen LogP contribution < -0.4 is 12.4 Å². The standard InChI is InChI=1S/C44H87NO8P.ClH/c1-7-10-12-14-16-18-20-22-23-25-27-29-31-33-35-37-44(47)53-42(41-52-54(48,50-9-3)51-39-38-45(4,5)6)40-49-43(46)36-34-32-30-28-26-24-21-19-17-15-13-11-8-2;/h22-23,42H,7-21,24-41H2,1-6H3;1H/q+1;/p-1/b23-22+;/t42-,54?;/m1./s1. The number of ether oxygens (including phenoxy) is 2. The summed E-state index contributed by atoms with van der Waals surface area (Å²) in [5, 5.41) is 0. The number of halogens is 1. The molecule has 2 atom stereocenters. The first-order valence-electron chi connectivity index (χ1n) is 22.4. The van der Waals surface area contributed by atoms with Gasteiger partial charge in [-0.05, 0) is 45.4 Å². The lowest BCUT2D eigenvalue weighted by Gasteiger charge is -2.25. The van der Waals surface area contributed by atoms with Crippen LogP contribution in [0, 0.1) is 0 Å². The average molecular weight is 825 g/mol. The van der Waals surface area contributed by atoms with Gasteiger partial charge in [0.2, 0.25) is 0 Å². The van der Waals surface area contributed by atoms with Gasteiger partial charge in [-0.15, -0.1) is 0 Å². The van der Waals surface area contributed by atoms with Crippen molar-refractivity contribution in [2.45, 2.75) is 207 Å². The fraction of sp³-hybridized carbons (Fsp3) is 0.909. The highest BCUT2D eigenvalue weighted by atomic mass is 35.5. The number of unbranched alkanes of at least 4 members (excludes halogenated alkanes) is 23. The van der Waals surface area contributed by atoms with Gasteiger partial charge in [-0.1, -0.05) is 154 Å². The number of allylic oxidation sites excluding steroid dienone is 2. The first-order valence-corrected chi connectivity index (χ1v) is 23.9. The molecule has 0 rings (SSSR count). The third kappa shape index (κ3) is 41.0. The molecule has 0 fully saturated rings. The van der Waals surface area contributed by atoms with Crippen molar-refractivity contribution in [1.29, 1.82) is 0 Å². The Balaban J connectivity index is 0. The van der Waals surface area contributed by atoms with Crippen molar-refractivity contribution >= 4 is 19.8 Å². The summed E-state index contributed by atoms with van der Waals surface area (Å²) < 4.78 is 41.7. The van der Waals surface area contributed by atoms with Gasteiger partial charge in [0.05, 0.1) is 34.4 Å². The fourth-order valence-corrected chi connectivity index (χ4v) is 7.31. The highest BCUT2D eigenvalue weighted by Gasteiger charge is 2.30. The quantitative estimate of drug-likeness (QED) is 0.0198. The van der Waals surface area contributed by atoms with E-state index in [2.05, 4.69) is 26.0 Å². The molecule has 0 aliphatic carbocycles. The molecule has 0 saturated carbocycles. The van der Waals surface area contributed by atoms with Crippen molar-refractivity contribution < 1.29 is 54.1 Å². The maximum absolute atomic E-state index is 13.3. The van der Waals surface area contributed by atoms with Crippen molar-refractivity contribution in [1.82, 2.24) is 0 Å². The first-order chi connectivity index (χ1) is 26.0. The van der Waals surface area contributed by atoms with Crippen molar-refractivity contribution in [3.05, 3.63) is 12.2 Å². The zero-order valence-electron chi connectivity index (χ0n) is 36.6. The lowest BCUT2D eigenvalue weighted by Crippen LogP contribution is -3.00. The minimum Gasteiger partial charge on any atom is -1.00 e. The summed E-state index contributed by atoms with van der Waals surface area (Å²) in [4.78, 5) is 25.4. The second-order valence-corrected chi connectivity index (χ2v) is 17.8. The molecule has 0 N–H and O–H groups in total. The molecule has 9 nitrogen and oxygen atoms in total. The normalized spacial score (nSPS) is 13.4. The van der Waals surface area contributed by atoms with Gasteiger partial charge in [-0.2, -0.15) is 0 Å². The van der Waals surface area contributed by atoms with Gasteiger partial charge in [0, 0.05) is 12.8 Å². The third-order valence-corrected chi connectivity index (χ3v) is 11.1. The van der Waals surface area contributed by atoms with E-state index in [0.717, 1.165) is 57.8 Å². The van der Waals surface area contributed by atoms with E-state index in [0.29, 0.717) is 17.4 Å². The molecule has 0 saturated heterocycles. The van der Waals surface area contributed by atoms with E-state index in [1.807, 2.05) is 21.1 Å². The number of esters is 2. The number of likely N-dealkylation sites (N-methyl/N-ethyl adjacent to an activating group) is 1. The molecule has 0 aromatic carbocycles. The van der Waals surface area contributed by atoms with Crippen LogP contribution in [0.15, 0.2) is 12.2 Å². The van der Waals surface area contributed by atoms with Crippen LogP contribution in [-0.4, -0.2) is 76.6 Å². The largest absolute Gasteiger partial charge is 1.00 e. The van der Waals surface area contributed by atoms with Crippen LogP contribution in [0.4, 0.5) is 0 Å². The molecule has 0 heterocycles. The molecule has 0 spiro atoms. The number of hydrogen-bond donors (Lipinski definition) is 0. The fourth-order valence-electron chi connectivity index (χ4n) is 6.12. The highest BCUT2D eigenvalue weighted by Crippen LogP contribution is 2.49. The molecule has 11 heteroatoms. The first kappa shape index (κ1) is 56.1. The number of phosphoric ester groups is 1. The maximum Gasteiger partial charge on any atom is 0.475 e. The van der Waals surface area contributed by atoms with Crippen LogP contribution in [0.25, 0.3) is 0 Å². The van der Waals surface area contributed by atoms with E-state index in [1.165, 1.54) is 109 Å². The van der Waals surface area contributed by atoms with E-state index < -0.39 is 13.9 Å². The number of carbonyl (C=O) groups is 2. The molecule has 0 aliphatic heterocycles. The second kappa shape index (κ2) is 39.8. The Morgan fingerprint density at radius 2 is 0.964 bits per heavy atom. The molecule has 0 radical (unpaired) electrons. The van der Waals surface area contributed by atoms with Crippen molar-refractivity contribution in [2.24, 2.45) is 0 Å². The smallest absolute Gasteiger partial charge is 0.475 e. The molecule has 328 valence electrons. The summed E-state index contributed by atoms with van der Waals surface area (Å²) in [5.41, 5.74) is 0. The van der Waals surface area contributed by atoms with Gasteiger partial charge >= 0.3 is 19.8 Å². The summed E-state index contributed by atoms with van der Waals surface area (Å²) in [6, 6.07) is 0. The molecular formula is C44H87ClNO8P. The Hall–Kier alpha value is -0.960. The molecule has 0 amide bonds. The summed E-state index contributed by atoms with van der Waals surface area (Å²) in [6.45, 7) is 6.71. The average Bonchev–Trinajstić information content (AvgIpc) is 3.12. The van der Waals surface area contributed by atoms with E-state index in [-0.39, 0.29) is 57.2 Å². The molecule has 1 unspecified atom stereocenters. The lowest BCUT2D eigenvalue weighted by molar-refractivity contribution is -0.870. The van der Waals surface area contributed by atoms with Gasteiger partial charge in [-0.25, -0.2) is 4.57 Å². The Bertz CT molecular complexity index is 945. The molecular weight excluding hydrogens is 737 g/mol. The van der Waals surface area contributed by atoms with Crippen LogP contribution in [0.2, 0.25) is 0 Å². The van der Waals surface area contributed by atoms with Crippen LogP contribution in [-0.2, 0) is 37.2 Å². The lowest BCUT2D eigenvalue weighted by atomic mass is 10.0. The summed E-state index contributed by atoms with van der Waals surface area (Å²) in [6.07, 6.45) is 35.8. The van der Waals surface area contributed by atoms with E-state index in [4.69, 9.17) is 23.0 Å². The van der Waals surface area contributed by atoms with E-state index in [9.17, 15) is 14.2 Å². The summed E-state index contributed by atoms with van der Waals surface area (Å²) in [7, 11) is 2.13. The number of hydrogen-bond acceptors (Lipinski definition) is 8. The monoisotopic (exact) mass is 824 g/mol. The number of rotatable bonds is 41. The van der Waals surface area contributed by atoms with E-state index >= 15 is 0 Å². The SMILES string of the molecule is CCCCCCCC/C=C/CCCCCCCC(=O)O[C@H](COC(=O)CCCCCCCCCCCCCCC)COP(=O)(OCC)OCC[N+](C)(C)C.[Cl-]. The van der Waals surface area contributed by atoms with Crippen LogP contribution in [0.3, 0.4) is 0 Å². The number of phosphoric acid groups is 1. The number of quaternary nitrogens is 1. The van der Waals surface area contributed by atoms with Crippen molar-refractivity contribution in [2.75, 3.05) is 54.1 Å². The van der Waals surface area contributed by atoms with Crippen LogP contribution in [0.1, 0.15) is 201 Å².